The second kappa shape index (κ2) is 8.30. The zero-order chi connectivity index (χ0) is 20.5. The molecule has 1 saturated heterocycles. The van der Waals surface area contributed by atoms with E-state index in [2.05, 4.69) is 37.9 Å². The van der Waals surface area contributed by atoms with E-state index in [0.717, 1.165) is 37.4 Å². The zero-order valence-electron chi connectivity index (χ0n) is 16.7. The largest absolute Gasteiger partial charge is 0.381 e. The summed E-state index contributed by atoms with van der Waals surface area (Å²) in [4.78, 5) is 16.8. The summed E-state index contributed by atoms with van der Waals surface area (Å²) in [6.45, 7) is 1.62. The van der Waals surface area contributed by atoms with Crippen molar-refractivity contribution in [3.63, 3.8) is 0 Å². The third-order valence-electron chi connectivity index (χ3n) is 5.38. The molecule has 3 aromatic rings. The number of aromatic nitrogens is 3. The SMILES string of the molecule is CSN(C)c1cc(C2CCOCC2)ccc1Nc1cc(Cl)nc2[nH]n(C)c(=O)c12. The molecule has 0 spiro atoms. The molecule has 154 valence electrons. The van der Waals surface area contributed by atoms with Gasteiger partial charge in [-0.15, -0.1) is 0 Å². The summed E-state index contributed by atoms with van der Waals surface area (Å²) in [5.74, 6) is 0.505. The third-order valence-corrected chi connectivity index (χ3v) is 6.32. The molecule has 0 atom stereocenters. The van der Waals surface area contributed by atoms with Crippen LogP contribution in [0.3, 0.4) is 0 Å². The minimum absolute atomic E-state index is 0.148. The number of rotatable bonds is 5. The molecule has 7 nitrogen and oxygen atoms in total. The fourth-order valence-electron chi connectivity index (χ4n) is 3.73. The average molecular weight is 434 g/mol. The zero-order valence-corrected chi connectivity index (χ0v) is 18.2. The van der Waals surface area contributed by atoms with E-state index in [-0.39, 0.29) is 5.56 Å². The second-order valence-corrected chi connectivity index (χ2v) is 8.46. The van der Waals surface area contributed by atoms with Crippen molar-refractivity contribution in [2.24, 2.45) is 7.05 Å². The van der Waals surface area contributed by atoms with E-state index in [1.807, 2.05) is 13.3 Å². The Morgan fingerprint density at radius 2 is 2.07 bits per heavy atom. The topological polar surface area (TPSA) is 75.2 Å². The molecular weight excluding hydrogens is 410 g/mol. The number of benzene rings is 1. The number of halogens is 1. The molecule has 0 aliphatic carbocycles. The Labute approximate surface area is 178 Å². The van der Waals surface area contributed by atoms with Crippen LogP contribution in [-0.2, 0) is 11.8 Å². The fourth-order valence-corrected chi connectivity index (χ4v) is 4.27. The van der Waals surface area contributed by atoms with Gasteiger partial charge in [0.05, 0.1) is 17.1 Å². The maximum atomic E-state index is 12.6. The van der Waals surface area contributed by atoms with Crippen LogP contribution in [0.25, 0.3) is 11.0 Å². The van der Waals surface area contributed by atoms with E-state index in [9.17, 15) is 4.79 Å². The van der Waals surface area contributed by atoms with Crippen molar-refractivity contribution in [2.45, 2.75) is 18.8 Å². The Hall–Kier alpha value is -2.16. The van der Waals surface area contributed by atoms with Gasteiger partial charge < -0.3 is 14.4 Å². The molecule has 0 unspecified atom stereocenters. The predicted molar refractivity (Wildman–Crippen MR) is 121 cm³/mol. The Kier molecular flexibility index (Phi) is 5.76. The summed E-state index contributed by atoms with van der Waals surface area (Å²) in [6.07, 6.45) is 4.11. The number of anilines is 3. The molecular formula is C20H24ClN5O2S. The minimum Gasteiger partial charge on any atom is -0.381 e. The van der Waals surface area contributed by atoms with Crippen LogP contribution in [0.5, 0.6) is 0 Å². The first-order chi connectivity index (χ1) is 14.0. The van der Waals surface area contributed by atoms with E-state index in [4.69, 9.17) is 16.3 Å². The van der Waals surface area contributed by atoms with Crippen LogP contribution in [0.1, 0.15) is 24.3 Å². The van der Waals surface area contributed by atoms with Gasteiger partial charge >= 0.3 is 0 Å². The van der Waals surface area contributed by atoms with Crippen LogP contribution in [-0.4, -0.2) is 41.3 Å². The van der Waals surface area contributed by atoms with Gasteiger partial charge in [-0.3, -0.25) is 14.6 Å². The van der Waals surface area contributed by atoms with Gasteiger partial charge in [-0.25, -0.2) is 4.98 Å². The highest BCUT2D eigenvalue weighted by Gasteiger charge is 2.19. The van der Waals surface area contributed by atoms with Crippen LogP contribution in [0, 0.1) is 0 Å². The molecule has 2 N–H and O–H groups in total. The van der Waals surface area contributed by atoms with Gasteiger partial charge in [0.2, 0.25) is 0 Å². The van der Waals surface area contributed by atoms with Gasteiger partial charge in [-0.1, -0.05) is 29.6 Å². The fraction of sp³-hybridized carbons (Fsp3) is 0.400. The second-order valence-electron chi connectivity index (χ2n) is 7.16. The molecule has 3 heterocycles. The molecule has 1 aromatic carbocycles. The number of aryl methyl sites for hydroxylation is 1. The normalized spacial score (nSPS) is 15.0. The molecule has 2 aromatic heterocycles. The molecule has 4 rings (SSSR count). The standard InChI is InChI=1S/C20H24ClN5O2S/c1-25-20(27)18-15(11-17(21)23-19(18)24-25)22-14-5-4-13(10-16(14)26(2)29-3)12-6-8-28-9-7-12/h4-5,10-12H,6-9H2,1-3H3,(H2,22,23,24). The summed E-state index contributed by atoms with van der Waals surface area (Å²) in [5.41, 5.74) is 4.22. The van der Waals surface area contributed by atoms with Crippen LogP contribution >= 0.6 is 23.5 Å². The number of pyridine rings is 1. The molecule has 1 aliphatic rings. The van der Waals surface area contributed by atoms with E-state index >= 15 is 0 Å². The lowest BCUT2D eigenvalue weighted by Crippen LogP contribution is -2.15. The predicted octanol–water partition coefficient (Wildman–Crippen LogP) is 4.27. The first-order valence-electron chi connectivity index (χ1n) is 9.49. The summed E-state index contributed by atoms with van der Waals surface area (Å²) < 4.78 is 9.02. The quantitative estimate of drug-likeness (QED) is 0.462. The molecule has 29 heavy (non-hydrogen) atoms. The Balaban J connectivity index is 1.77. The molecule has 1 aliphatic heterocycles. The average Bonchev–Trinajstić information content (AvgIpc) is 3.01. The maximum absolute atomic E-state index is 12.6. The molecule has 0 radical (unpaired) electrons. The van der Waals surface area contributed by atoms with Crippen molar-refractivity contribution in [3.8, 4) is 0 Å². The third kappa shape index (κ3) is 3.97. The van der Waals surface area contributed by atoms with Crippen molar-refractivity contribution < 1.29 is 4.74 Å². The van der Waals surface area contributed by atoms with Crippen molar-refractivity contribution in [1.29, 1.82) is 0 Å². The van der Waals surface area contributed by atoms with Crippen LogP contribution < -0.4 is 15.2 Å². The summed E-state index contributed by atoms with van der Waals surface area (Å²) in [6, 6.07) is 8.15. The van der Waals surface area contributed by atoms with Gasteiger partial charge in [-0.2, -0.15) is 0 Å². The van der Waals surface area contributed by atoms with Crippen LogP contribution in [0.4, 0.5) is 17.1 Å². The van der Waals surface area contributed by atoms with Crippen LogP contribution in [0.2, 0.25) is 5.15 Å². The number of fused-ring (bicyclic) bond motifs is 1. The van der Waals surface area contributed by atoms with Gasteiger partial charge in [0.1, 0.15) is 10.5 Å². The van der Waals surface area contributed by atoms with E-state index in [1.165, 1.54) is 10.2 Å². The van der Waals surface area contributed by atoms with Gasteiger partial charge in [0, 0.05) is 33.6 Å². The highest BCUT2D eigenvalue weighted by molar-refractivity contribution is 7.99. The van der Waals surface area contributed by atoms with Gasteiger partial charge in [0.15, 0.2) is 5.65 Å². The number of nitrogens with zero attached hydrogens (tertiary/aromatic N) is 3. The van der Waals surface area contributed by atoms with Gasteiger partial charge in [-0.05, 0) is 42.5 Å². The Bertz CT molecular complexity index is 1090. The van der Waals surface area contributed by atoms with Gasteiger partial charge in [0.25, 0.3) is 5.56 Å². The van der Waals surface area contributed by atoms with Crippen LogP contribution in [0.15, 0.2) is 29.1 Å². The molecule has 0 bridgehead atoms. The van der Waals surface area contributed by atoms with E-state index < -0.39 is 0 Å². The lowest BCUT2D eigenvalue weighted by Gasteiger charge is -2.26. The number of ether oxygens (including phenoxy) is 1. The number of hydrogen-bond donors (Lipinski definition) is 2. The monoisotopic (exact) mass is 433 g/mol. The number of nitrogens with one attached hydrogen (secondary N) is 2. The number of H-pyrrole nitrogens is 1. The highest BCUT2D eigenvalue weighted by Crippen LogP contribution is 2.37. The van der Waals surface area contributed by atoms with E-state index in [0.29, 0.717) is 27.8 Å². The van der Waals surface area contributed by atoms with Crippen molar-refractivity contribution >= 4 is 51.6 Å². The molecule has 9 heteroatoms. The molecule has 0 saturated carbocycles. The lowest BCUT2D eigenvalue weighted by atomic mass is 9.91. The summed E-state index contributed by atoms with van der Waals surface area (Å²) in [5, 5.41) is 7.16. The Morgan fingerprint density at radius 1 is 1.31 bits per heavy atom. The molecule has 1 fully saturated rings. The minimum atomic E-state index is -0.148. The van der Waals surface area contributed by atoms with Crippen molar-refractivity contribution in [2.75, 3.05) is 36.1 Å². The number of aromatic amines is 1. The van der Waals surface area contributed by atoms with Crippen molar-refractivity contribution in [3.05, 3.63) is 45.3 Å². The maximum Gasteiger partial charge on any atom is 0.277 e. The summed E-state index contributed by atoms with van der Waals surface area (Å²) in [7, 11) is 3.70. The summed E-state index contributed by atoms with van der Waals surface area (Å²) >= 11 is 7.83. The highest BCUT2D eigenvalue weighted by atomic mass is 35.5. The molecule has 0 amide bonds. The first kappa shape index (κ1) is 20.1. The first-order valence-corrected chi connectivity index (χ1v) is 11.1. The van der Waals surface area contributed by atoms with Crippen molar-refractivity contribution in [1.82, 2.24) is 14.8 Å². The van der Waals surface area contributed by atoms with E-state index in [1.54, 1.807) is 25.1 Å². The smallest absolute Gasteiger partial charge is 0.277 e. The Morgan fingerprint density at radius 3 is 2.79 bits per heavy atom. The number of hydrogen-bond acceptors (Lipinski definition) is 6. The lowest BCUT2D eigenvalue weighted by molar-refractivity contribution is 0.0853.